The van der Waals surface area contributed by atoms with Gasteiger partial charge in [-0.3, -0.25) is 9.10 Å². The fraction of sp³-hybridized carbons (Fsp3) is 0.259. The minimum Gasteiger partial charge on any atom is -0.345 e. The number of carbonyl (C=O) groups excluding carboxylic acids is 1. The van der Waals surface area contributed by atoms with Gasteiger partial charge in [-0.1, -0.05) is 35.6 Å². The number of sulfonamides is 1. The molecule has 1 fully saturated rings. The lowest BCUT2D eigenvalue weighted by Gasteiger charge is -2.34. The number of amides is 1. The van der Waals surface area contributed by atoms with Gasteiger partial charge < -0.3 is 9.80 Å². The summed E-state index contributed by atoms with van der Waals surface area (Å²) in [7, 11) is -7.17. The van der Waals surface area contributed by atoms with Crippen LogP contribution < -0.4 is 9.21 Å². The number of aromatic nitrogens is 1. The summed E-state index contributed by atoms with van der Waals surface area (Å²) in [6.45, 7) is 4.09. The number of anilines is 2. The van der Waals surface area contributed by atoms with Crippen molar-refractivity contribution in [2.45, 2.75) is 16.7 Å². The van der Waals surface area contributed by atoms with Crippen molar-refractivity contribution in [2.24, 2.45) is 0 Å². The molecule has 1 aromatic heterocycles. The SMILES string of the molecule is CCN(c1ccccc1)S(=O)(=O)c1ccc(C(=O)N2CCN(c3nc4c(S(C)(=O)=O)cccc4s3)CC2)cc1. The molecule has 1 saturated heterocycles. The van der Waals surface area contributed by atoms with Crippen molar-refractivity contribution < 1.29 is 21.6 Å². The van der Waals surface area contributed by atoms with Gasteiger partial charge in [0.25, 0.3) is 15.9 Å². The molecule has 39 heavy (non-hydrogen) atoms. The van der Waals surface area contributed by atoms with E-state index in [1.807, 2.05) is 12.1 Å². The van der Waals surface area contributed by atoms with Crippen molar-refractivity contribution in [3.8, 4) is 0 Å². The molecule has 0 atom stereocenters. The molecule has 2 heterocycles. The van der Waals surface area contributed by atoms with Crippen LogP contribution in [0.4, 0.5) is 10.8 Å². The van der Waals surface area contributed by atoms with Crippen LogP contribution in [0.1, 0.15) is 17.3 Å². The van der Waals surface area contributed by atoms with Crippen molar-refractivity contribution in [3.63, 3.8) is 0 Å². The van der Waals surface area contributed by atoms with Crippen LogP contribution in [-0.4, -0.2) is 71.6 Å². The molecule has 0 N–H and O–H groups in total. The lowest BCUT2D eigenvalue weighted by molar-refractivity contribution is 0.0746. The molecule has 0 saturated carbocycles. The van der Waals surface area contributed by atoms with Crippen LogP contribution in [0.15, 0.2) is 82.6 Å². The first-order valence-electron chi connectivity index (χ1n) is 12.4. The third-order valence-corrected chi connectivity index (χ3v) is 10.8. The summed E-state index contributed by atoms with van der Waals surface area (Å²) in [6.07, 6.45) is 1.18. The van der Waals surface area contributed by atoms with E-state index in [2.05, 4.69) is 9.88 Å². The van der Waals surface area contributed by atoms with Gasteiger partial charge in [0.1, 0.15) is 5.52 Å². The molecule has 5 rings (SSSR count). The average molecular weight is 585 g/mol. The summed E-state index contributed by atoms with van der Waals surface area (Å²) in [5.74, 6) is -0.169. The molecule has 9 nitrogen and oxygen atoms in total. The standard InChI is InChI=1S/C27H28N4O5S3/c1-3-31(21-8-5-4-6-9-21)39(35,36)22-14-12-20(13-15-22)26(32)29-16-18-30(19-17-29)27-28-25-23(37-27)10-7-11-24(25)38(2,33)34/h4-15H,3,16-19H2,1-2H3. The number of para-hydroxylation sites is 2. The Bertz CT molecular complexity index is 1710. The molecule has 12 heteroatoms. The maximum atomic E-state index is 13.2. The highest BCUT2D eigenvalue weighted by Gasteiger charge is 2.27. The Morgan fingerprint density at radius 3 is 2.18 bits per heavy atom. The minimum absolute atomic E-state index is 0.124. The largest absolute Gasteiger partial charge is 0.345 e. The summed E-state index contributed by atoms with van der Waals surface area (Å²) in [5.41, 5.74) is 1.48. The summed E-state index contributed by atoms with van der Waals surface area (Å²) in [4.78, 5) is 21.9. The number of sulfone groups is 1. The van der Waals surface area contributed by atoms with Crippen molar-refractivity contribution in [3.05, 3.63) is 78.4 Å². The van der Waals surface area contributed by atoms with Crippen LogP contribution in [0.3, 0.4) is 0 Å². The maximum Gasteiger partial charge on any atom is 0.264 e. The lowest BCUT2D eigenvalue weighted by atomic mass is 10.2. The summed E-state index contributed by atoms with van der Waals surface area (Å²) >= 11 is 1.43. The number of nitrogens with zero attached hydrogens (tertiary/aromatic N) is 4. The van der Waals surface area contributed by atoms with Crippen LogP contribution in [0.5, 0.6) is 0 Å². The van der Waals surface area contributed by atoms with Gasteiger partial charge in [0.2, 0.25) is 0 Å². The maximum absolute atomic E-state index is 13.2. The molecular weight excluding hydrogens is 557 g/mol. The van der Waals surface area contributed by atoms with E-state index >= 15 is 0 Å². The molecule has 1 amide bonds. The van der Waals surface area contributed by atoms with Crippen molar-refractivity contribution in [1.29, 1.82) is 0 Å². The Kier molecular flexibility index (Phi) is 7.36. The average Bonchev–Trinajstić information content (AvgIpc) is 3.38. The van der Waals surface area contributed by atoms with E-state index in [1.54, 1.807) is 60.4 Å². The van der Waals surface area contributed by atoms with Gasteiger partial charge in [-0.15, -0.1) is 0 Å². The summed E-state index contributed by atoms with van der Waals surface area (Å²) in [5, 5.41) is 0.724. The van der Waals surface area contributed by atoms with E-state index in [1.165, 1.54) is 34.0 Å². The van der Waals surface area contributed by atoms with Crippen LogP contribution >= 0.6 is 11.3 Å². The van der Waals surface area contributed by atoms with Gasteiger partial charge in [-0.2, -0.15) is 0 Å². The lowest BCUT2D eigenvalue weighted by Crippen LogP contribution is -2.48. The van der Waals surface area contributed by atoms with Gasteiger partial charge in [0.15, 0.2) is 15.0 Å². The van der Waals surface area contributed by atoms with Gasteiger partial charge >= 0.3 is 0 Å². The normalized spacial score (nSPS) is 14.5. The first-order valence-corrected chi connectivity index (χ1v) is 16.6. The number of carbonyl (C=O) groups is 1. The molecule has 0 spiro atoms. The second kappa shape index (κ2) is 10.6. The van der Waals surface area contributed by atoms with Crippen LogP contribution in [0.2, 0.25) is 0 Å². The van der Waals surface area contributed by atoms with Crippen LogP contribution in [-0.2, 0) is 19.9 Å². The number of fused-ring (bicyclic) bond motifs is 1. The first kappa shape index (κ1) is 27.1. The van der Waals surface area contributed by atoms with Crippen molar-refractivity contribution in [2.75, 3.05) is 48.2 Å². The number of piperazine rings is 1. The molecule has 204 valence electrons. The number of benzene rings is 3. The Morgan fingerprint density at radius 2 is 1.56 bits per heavy atom. The molecule has 0 radical (unpaired) electrons. The topological polar surface area (TPSA) is 108 Å². The number of hydrogen-bond acceptors (Lipinski definition) is 8. The summed E-state index contributed by atoms with van der Waals surface area (Å²) in [6, 6.07) is 20.1. The quantitative estimate of drug-likeness (QED) is 0.324. The number of hydrogen-bond donors (Lipinski definition) is 0. The molecule has 3 aromatic carbocycles. The highest BCUT2D eigenvalue weighted by atomic mass is 32.2. The van der Waals surface area contributed by atoms with Gasteiger partial charge in [0.05, 0.1) is 20.2 Å². The van der Waals surface area contributed by atoms with E-state index < -0.39 is 19.9 Å². The predicted molar refractivity (Wildman–Crippen MR) is 154 cm³/mol. The smallest absolute Gasteiger partial charge is 0.264 e. The Morgan fingerprint density at radius 1 is 0.897 bits per heavy atom. The van der Waals surface area contributed by atoms with E-state index in [9.17, 15) is 21.6 Å². The highest BCUT2D eigenvalue weighted by Crippen LogP contribution is 2.33. The van der Waals surface area contributed by atoms with Crippen LogP contribution in [0, 0.1) is 0 Å². The molecule has 0 bridgehead atoms. The fourth-order valence-electron chi connectivity index (χ4n) is 4.61. The number of thiazole rings is 1. The fourth-order valence-corrected chi connectivity index (χ4v) is 8.03. The second-order valence-corrected chi connectivity index (χ2v) is 14.0. The zero-order chi connectivity index (χ0) is 27.8. The number of rotatable bonds is 7. The molecule has 1 aliphatic rings. The van der Waals surface area contributed by atoms with E-state index in [0.717, 1.165) is 9.83 Å². The zero-order valence-corrected chi connectivity index (χ0v) is 24.0. The summed E-state index contributed by atoms with van der Waals surface area (Å²) < 4.78 is 52.9. The molecule has 0 aliphatic carbocycles. The second-order valence-electron chi connectivity index (χ2n) is 9.18. The highest BCUT2D eigenvalue weighted by molar-refractivity contribution is 7.92. The van der Waals surface area contributed by atoms with E-state index in [0.29, 0.717) is 42.9 Å². The Labute approximate surface area is 232 Å². The Hall–Kier alpha value is -3.48. The third kappa shape index (κ3) is 5.36. The third-order valence-electron chi connectivity index (χ3n) is 6.63. The van der Waals surface area contributed by atoms with Gasteiger partial charge in [-0.05, 0) is 55.5 Å². The van der Waals surface area contributed by atoms with Crippen LogP contribution in [0.25, 0.3) is 10.2 Å². The van der Waals surface area contributed by atoms with Crippen molar-refractivity contribution in [1.82, 2.24) is 9.88 Å². The van der Waals surface area contributed by atoms with E-state index in [4.69, 9.17) is 0 Å². The van der Waals surface area contributed by atoms with E-state index in [-0.39, 0.29) is 22.2 Å². The molecular formula is C27H28N4O5S3. The Balaban J connectivity index is 1.27. The van der Waals surface area contributed by atoms with Gasteiger partial charge in [0, 0.05) is 44.5 Å². The zero-order valence-electron chi connectivity index (χ0n) is 21.5. The van der Waals surface area contributed by atoms with Crippen molar-refractivity contribution >= 4 is 58.1 Å². The van der Waals surface area contributed by atoms with Gasteiger partial charge in [-0.25, -0.2) is 21.8 Å². The minimum atomic E-state index is -3.77. The molecule has 4 aromatic rings. The monoisotopic (exact) mass is 584 g/mol. The first-order chi connectivity index (χ1) is 18.6. The molecule has 0 unspecified atom stereocenters. The predicted octanol–water partition coefficient (Wildman–Crippen LogP) is 3.88. The molecule has 1 aliphatic heterocycles.